The Hall–Kier alpha value is -2.23. The van der Waals surface area contributed by atoms with Crippen LogP contribution >= 0.6 is 0 Å². The van der Waals surface area contributed by atoms with Gasteiger partial charge in [-0.15, -0.1) is 0 Å². The molecule has 0 fully saturated rings. The molecule has 110 valence electrons. The van der Waals surface area contributed by atoms with Gasteiger partial charge in [0.25, 0.3) is 0 Å². The molecule has 2 aromatic rings. The highest BCUT2D eigenvalue weighted by Gasteiger charge is 2.27. The van der Waals surface area contributed by atoms with Gasteiger partial charge in [-0.25, -0.2) is 4.79 Å². The second-order valence-electron chi connectivity index (χ2n) is 5.73. The summed E-state index contributed by atoms with van der Waals surface area (Å²) in [5, 5.41) is 3.01. The second kappa shape index (κ2) is 5.28. The second-order valence-corrected chi connectivity index (χ2v) is 5.73. The molecule has 1 unspecified atom stereocenters. The number of amides is 2. The van der Waals surface area contributed by atoms with Crippen molar-refractivity contribution in [2.24, 2.45) is 0 Å². The standard InChI is InChI=1S/C17H21N3O/c1-12-6-7-15(11-13(12)2)18-17(21)20-10-9-19-8-4-5-16(19)14(20)3/h4-8,11,14H,9-10H2,1-3H3,(H,18,21). The molecule has 0 saturated carbocycles. The summed E-state index contributed by atoms with van der Waals surface area (Å²) in [7, 11) is 0. The first-order chi connectivity index (χ1) is 10.1. The number of hydrogen-bond donors (Lipinski definition) is 1. The fourth-order valence-electron chi connectivity index (χ4n) is 2.87. The van der Waals surface area contributed by atoms with Crippen molar-refractivity contribution in [3.8, 4) is 0 Å². The molecule has 1 aliphatic rings. The third kappa shape index (κ3) is 2.53. The number of urea groups is 1. The first-order valence-electron chi connectivity index (χ1n) is 7.36. The van der Waals surface area contributed by atoms with Crippen LogP contribution in [0.15, 0.2) is 36.5 Å². The Morgan fingerprint density at radius 2 is 2.00 bits per heavy atom. The summed E-state index contributed by atoms with van der Waals surface area (Å²) in [4.78, 5) is 14.4. The zero-order chi connectivity index (χ0) is 15.0. The topological polar surface area (TPSA) is 37.3 Å². The maximum absolute atomic E-state index is 12.5. The maximum atomic E-state index is 12.5. The zero-order valence-electron chi connectivity index (χ0n) is 12.8. The van der Waals surface area contributed by atoms with E-state index < -0.39 is 0 Å². The summed E-state index contributed by atoms with van der Waals surface area (Å²) < 4.78 is 2.21. The first kappa shape index (κ1) is 13.7. The minimum Gasteiger partial charge on any atom is -0.348 e. The molecule has 3 rings (SSSR count). The summed E-state index contributed by atoms with van der Waals surface area (Å²) in [6, 6.07) is 10.2. The monoisotopic (exact) mass is 283 g/mol. The fraction of sp³-hybridized carbons (Fsp3) is 0.353. The Balaban J connectivity index is 1.75. The minimum atomic E-state index is -0.0294. The number of benzene rings is 1. The molecule has 21 heavy (non-hydrogen) atoms. The van der Waals surface area contributed by atoms with Crippen molar-refractivity contribution in [2.75, 3.05) is 11.9 Å². The molecule has 0 spiro atoms. The van der Waals surface area contributed by atoms with Crippen molar-refractivity contribution < 1.29 is 4.79 Å². The number of aromatic nitrogens is 1. The van der Waals surface area contributed by atoms with E-state index in [-0.39, 0.29) is 12.1 Å². The van der Waals surface area contributed by atoms with Crippen molar-refractivity contribution in [2.45, 2.75) is 33.4 Å². The van der Waals surface area contributed by atoms with E-state index in [4.69, 9.17) is 0 Å². The molecule has 4 nitrogen and oxygen atoms in total. The van der Waals surface area contributed by atoms with Crippen LogP contribution in [0.2, 0.25) is 0 Å². The molecule has 0 saturated heterocycles. The predicted molar refractivity (Wildman–Crippen MR) is 84.5 cm³/mol. The SMILES string of the molecule is Cc1ccc(NC(=O)N2CCn3cccc3C2C)cc1C. The molecule has 1 N–H and O–H groups in total. The molecule has 2 amide bonds. The number of anilines is 1. The lowest BCUT2D eigenvalue weighted by atomic mass is 10.1. The van der Waals surface area contributed by atoms with Crippen LogP contribution in [0.4, 0.5) is 10.5 Å². The van der Waals surface area contributed by atoms with Gasteiger partial charge >= 0.3 is 6.03 Å². The van der Waals surface area contributed by atoms with E-state index in [1.54, 1.807) is 0 Å². The summed E-state index contributed by atoms with van der Waals surface area (Å²) in [5.74, 6) is 0. The van der Waals surface area contributed by atoms with Crippen LogP contribution in [0, 0.1) is 13.8 Å². The molecule has 0 radical (unpaired) electrons. The number of nitrogens with zero attached hydrogens (tertiary/aromatic N) is 2. The lowest BCUT2D eigenvalue weighted by molar-refractivity contribution is 0.175. The Morgan fingerprint density at radius 1 is 1.19 bits per heavy atom. The molecule has 0 aliphatic carbocycles. The van der Waals surface area contributed by atoms with E-state index in [9.17, 15) is 4.79 Å². The number of hydrogen-bond acceptors (Lipinski definition) is 1. The van der Waals surface area contributed by atoms with Crippen LogP contribution in [0.5, 0.6) is 0 Å². The predicted octanol–water partition coefficient (Wildman–Crippen LogP) is 3.71. The van der Waals surface area contributed by atoms with E-state index in [1.165, 1.54) is 16.8 Å². The van der Waals surface area contributed by atoms with E-state index in [0.717, 1.165) is 18.8 Å². The molecule has 4 heteroatoms. The summed E-state index contributed by atoms with van der Waals surface area (Å²) in [6.07, 6.45) is 2.07. The van der Waals surface area contributed by atoms with Gasteiger partial charge in [0.15, 0.2) is 0 Å². The highest BCUT2D eigenvalue weighted by Crippen LogP contribution is 2.26. The first-order valence-corrected chi connectivity index (χ1v) is 7.36. The summed E-state index contributed by atoms with van der Waals surface area (Å²) >= 11 is 0. The zero-order valence-corrected chi connectivity index (χ0v) is 12.8. The molecule has 1 aliphatic heterocycles. The number of carbonyl (C=O) groups excluding carboxylic acids is 1. The Bertz CT molecular complexity index is 674. The molecule has 2 heterocycles. The van der Waals surface area contributed by atoms with E-state index >= 15 is 0 Å². The lowest BCUT2D eigenvalue weighted by Crippen LogP contribution is -2.43. The highest BCUT2D eigenvalue weighted by molar-refractivity contribution is 5.89. The van der Waals surface area contributed by atoms with Crippen LogP contribution in [0.25, 0.3) is 0 Å². The number of rotatable bonds is 1. The van der Waals surface area contributed by atoms with Gasteiger partial charge in [-0.3, -0.25) is 0 Å². The molecular weight excluding hydrogens is 262 g/mol. The molecule has 1 aromatic heterocycles. The van der Waals surface area contributed by atoms with Gasteiger partial charge in [0, 0.05) is 30.7 Å². The third-order valence-electron chi connectivity index (χ3n) is 4.36. The minimum absolute atomic E-state index is 0.0294. The molecular formula is C17H21N3O. The van der Waals surface area contributed by atoms with Gasteiger partial charge in [-0.05, 0) is 56.2 Å². The summed E-state index contributed by atoms with van der Waals surface area (Å²) in [6.45, 7) is 7.79. The molecule has 0 bridgehead atoms. The fourth-order valence-corrected chi connectivity index (χ4v) is 2.87. The van der Waals surface area contributed by atoms with Gasteiger partial charge in [0.2, 0.25) is 0 Å². The van der Waals surface area contributed by atoms with Crippen molar-refractivity contribution in [3.05, 3.63) is 53.3 Å². The molecule has 1 aromatic carbocycles. The third-order valence-corrected chi connectivity index (χ3v) is 4.36. The van der Waals surface area contributed by atoms with Crippen LogP contribution in [-0.2, 0) is 6.54 Å². The highest BCUT2D eigenvalue weighted by atomic mass is 16.2. The van der Waals surface area contributed by atoms with Gasteiger partial charge in [-0.1, -0.05) is 6.07 Å². The van der Waals surface area contributed by atoms with E-state index in [2.05, 4.69) is 42.9 Å². The Kier molecular flexibility index (Phi) is 3.45. The Morgan fingerprint density at radius 3 is 2.76 bits per heavy atom. The van der Waals surface area contributed by atoms with Gasteiger partial charge < -0.3 is 14.8 Å². The largest absolute Gasteiger partial charge is 0.348 e. The van der Waals surface area contributed by atoms with E-state index in [1.807, 2.05) is 29.2 Å². The van der Waals surface area contributed by atoms with Crippen molar-refractivity contribution >= 4 is 11.7 Å². The van der Waals surface area contributed by atoms with Crippen molar-refractivity contribution in [3.63, 3.8) is 0 Å². The van der Waals surface area contributed by atoms with Crippen molar-refractivity contribution in [1.82, 2.24) is 9.47 Å². The van der Waals surface area contributed by atoms with E-state index in [0.29, 0.717) is 0 Å². The average Bonchev–Trinajstić information content (AvgIpc) is 2.92. The number of carbonyl (C=O) groups is 1. The Labute approximate surface area is 125 Å². The summed E-state index contributed by atoms with van der Waals surface area (Å²) in [5.41, 5.74) is 4.47. The number of aryl methyl sites for hydroxylation is 2. The average molecular weight is 283 g/mol. The molecule has 1 atom stereocenters. The van der Waals surface area contributed by atoms with Crippen LogP contribution < -0.4 is 5.32 Å². The normalized spacial score (nSPS) is 17.5. The quantitative estimate of drug-likeness (QED) is 0.851. The maximum Gasteiger partial charge on any atom is 0.322 e. The van der Waals surface area contributed by atoms with Crippen LogP contribution in [-0.4, -0.2) is 22.0 Å². The van der Waals surface area contributed by atoms with Gasteiger partial charge in [0.05, 0.1) is 6.04 Å². The van der Waals surface area contributed by atoms with Gasteiger partial charge in [0.1, 0.15) is 0 Å². The smallest absolute Gasteiger partial charge is 0.322 e. The van der Waals surface area contributed by atoms with Gasteiger partial charge in [-0.2, -0.15) is 0 Å². The van der Waals surface area contributed by atoms with Crippen molar-refractivity contribution in [1.29, 1.82) is 0 Å². The lowest BCUT2D eigenvalue weighted by Gasteiger charge is -2.34. The number of fused-ring (bicyclic) bond motifs is 1. The van der Waals surface area contributed by atoms with Crippen LogP contribution in [0.1, 0.15) is 29.8 Å². The number of nitrogens with one attached hydrogen (secondary N) is 1. The van der Waals surface area contributed by atoms with Crippen LogP contribution in [0.3, 0.4) is 0 Å².